The van der Waals surface area contributed by atoms with Crippen molar-refractivity contribution < 1.29 is 0 Å². The molecule has 0 radical (unpaired) electrons. The lowest BCUT2D eigenvalue weighted by Crippen LogP contribution is -2.06. The molecule has 0 aliphatic rings. The second-order valence-electron chi connectivity index (χ2n) is 4.19. The van der Waals surface area contributed by atoms with Crippen molar-refractivity contribution in [1.82, 2.24) is 9.97 Å². The topological polar surface area (TPSA) is 51.8 Å². The van der Waals surface area contributed by atoms with Crippen molar-refractivity contribution >= 4 is 33.5 Å². The van der Waals surface area contributed by atoms with Crippen molar-refractivity contribution in [1.29, 1.82) is 0 Å². The highest BCUT2D eigenvalue weighted by molar-refractivity contribution is 9.10. The molecule has 3 nitrogen and oxygen atoms in total. The summed E-state index contributed by atoms with van der Waals surface area (Å²) < 4.78 is 1.08. The highest BCUT2D eigenvalue weighted by Gasteiger charge is 2.08. The second kappa shape index (κ2) is 6.39. The van der Waals surface area contributed by atoms with Gasteiger partial charge in [-0.05, 0) is 31.5 Å². The van der Waals surface area contributed by atoms with Gasteiger partial charge in [0.25, 0.3) is 0 Å². The first-order chi connectivity index (χ1) is 9.10. The summed E-state index contributed by atoms with van der Waals surface area (Å²) in [5, 5.41) is 0. The smallest absolute Gasteiger partial charge is 0.141 e. The molecule has 19 heavy (non-hydrogen) atoms. The van der Waals surface area contributed by atoms with Crippen molar-refractivity contribution in [2.75, 3.05) is 5.73 Å². The van der Waals surface area contributed by atoms with Gasteiger partial charge in [-0.25, -0.2) is 9.97 Å². The predicted octanol–water partition coefficient (Wildman–Crippen LogP) is 3.98. The molecule has 2 rings (SSSR count). The van der Waals surface area contributed by atoms with Crippen molar-refractivity contribution in [3.8, 4) is 0 Å². The molecular formula is C14H16BrN3S. The molecule has 100 valence electrons. The molecule has 0 unspecified atom stereocenters. The van der Waals surface area contributed by atoms with Crippen LogP contribution < -0.4 is 5.73 Å². The Morgan fingerprint density at radius 3 is 2.74 bits per heavy atom. The number of aryl methyl sites for hydroxylation is 1. The van der Waals surface area contributed by atoms with Gasteiger partial charge >= 0.3 is 0 Å². The Morgan fingerprint density at radius 2 is 2.11 bits per heavy atom. The number of hydrogen-bond donors (Lipinski definition) is 1. The van der Waals surface area contributed by atoms with Gasteiger partial charge in [0.2, 0.25) is 0 Å². The Bertz CT molecular complexity index is 564. The second-order valence-corrected chi connectivity index (χ2v) is 6.15. The highest BCUT2D eigenvalue weighted by Crippen LogP contribution is 2.25. The Hall–Kier alpha value is -1.07. The SMILES string of the molecule is CCc1c(C)nc(CSc2cccc(Br)c2)nc1N. The summed E-state index contributed by atoms with van der Waals surface area (Å²) >= 11 is 5.17. The first-order valence-corrected chi connectivity index (χ1v) is 7.88. The van der Waals surface area contributed by atoms with E-state index >= 15 is 0 Å². The minimum atomic E-state index is 0.611. The zero-order valence-corrected chi connectivity index (χ0v) is 13.4. The van der Waals surface area contributed by atoms with E-state index in [1.165, 1.54) is 4.90 Å². The van der Waals surface area contributed by atoms with Gasteiger partial charge in [-0.3, -0.25) is 0 Å². The van der Waals surface area contributed by atoms with Gasteiger partial charge in [-0.15, -0.1) is 11.8 Å². The monoisotopic (exact) mass is 337 g/mol. The molecule has 0 bridgehead atoms. The van der Waals surface area contributed by atoms with Gasteiger partial charge in [0, 0.05) is 20.6 Å². The molecular weight excluding hydrogens is 322 g/mol. The van der Waals surface area contributed by atoms with Crippen LogP contribution in [0, 0.1) is 6.92 Å². The van der Waals surface area contributed by atoms with E-state index in [2.05, 4.69) is 45.0 Å². The maximum absolute atomic E-state index is 5.96. The minimum absolute atomic E-state index is 0.611. The summed E-state index contributed by atoms with van der Waals surface area (Å²) in [4.78, 5) is 10.1. The lowest BCUT2D eigenvalue weighted by molar-refractivity contribution is 0.947. The molecule has 0 aliphatic heterocycles. The zero-order valence-electron chi connectivity index (χ0n) is 11.0. The van der Waals surface area contributed by atoms with Crippen LogP contribution in [-0.4, -0.2) is 9.97 Å². The Balaban J connectivity index is 2.12. The number of benzene rings is 1. The lowest BCUT2D eigenvalue weighted by Gasteiger charge is -2.08. The fourth-order valence-corrected chi connectivity index (χ4v) is 3.24. The van der Waals surface area contributed by atoms with E-state index in [-0.39, 0.29) is 0 Å². The van der Waals surface area contributed by atoms with Crippen molar-refractivity contribution in [3.63, 3.8) is 0 Å². The molecule has 0 spiro atoms. The molecule has 1 aromatic heterocycles. The fraction of sp³-hybridized carbons (Fsp3) is 0.286. The Morgan fingerprint density at radius 1 is 1.32 bits per heavy atom. The standard InChI is InChI=1S/C14H16BrN3S/c1-3-12-9(2)17-13(18-14(12)16)8-19-11-6-4-5-10(15)7-11/h4-7H,3,8H2,1-2H3,(H2,16,17,18). The largest absolute Gasteiger partial charge is 0.383 e. The molecule has 0 amide bonds. The molecule has 1 heterocycles. The third-order valence-electron chi connectivity index (χ3n) is 2.81. The number of rotatable bonds is 4. The fourth-order valence-electron chi connectivity index (χ4n) is 1.88. The van der Waals surface area contributed by atoms with Gasteiger partial charge in [0.1, 0.15) is 11.6 Å². The summed E-state index contributed by atoms with van der Waals surface area (Å²) in [7, 11) is 0. The van der Waals surface area contributed by atoms with Crippen LogP contribution in [0.15, 0.2) is 33.6 Å². The summed E-state index contributed by atoms with van der Waals surface area (Å²) in [6.07, 6.45) is 0.872. The van der Waals surface area contributed by atoms with Crippen LogP contribution in [-0.2, 0) is 12.2 Å². The quantitative estimate of drug-likeness (QED) is 0.857. The first-order valence-electron chi connectivity index (χ1n) is 6.10. The summed E-state index contributed by atoms with van der Waals surface area (Å²) in [5.74, 6) is 2.13. The highest BCUT2D eigenvalue weighted by atomic mass is 79.9. The number of thioether (sulfide) groups is 1. The maximum Gasteiger partial charge on any atom is 0.141 e. The zero-order chi connectivity index (χ0) is 13.8. The molecule has 1 aromatic carbocycles. The van der Waals surface area contributed by atoms with Gasteiger partial charge in [0.15, 0.2) is 0 Å². The number of halogens is 1. The van der Waals surface area contributed by atoms with Gasteiger partial charge in [-0.2, -0.15) is 0 Å². The lowest BCUT2D eigenvalue weighted by atomic mass is 10.2. The first kappa shape index (κ1) is 14.3. The van der Waals surface area contributed by atoms with Crippen LogP contribution in [0.4, 0.5) is 5.82 Å². The summed E-state index contributed by atoms with van der Waals surface area (Å²) in [6, 6.07) is 8.19. The molecule has 0 aliphatic carbocycles. The minimum Gasteiger partial charge on any atom is -0.383 e. The number of nitrogens with zero attached hydrogens (tertiary/aromatic N) is 2. The number of anilines is 1. The molecule has 0 saturated carbocycles. The van der Waals surface area contributed by atoms with E-state index < -0.39 is 0 Å². The maximum atomic E-state index is 5.96. The molecule has 2 aromatic rings. The van der Waals surface area contributed by atoms with Crippen LogP contribution in [0.5, 0.6) is 0 Å². The Kier molecular flexibility index (Phi) is 4.82. The van der Waals surface area contributed by atoms with Crippen molar-refractivity contribution in [3.05, 3.63) is 45.8 Å². The van der Waals surface area contributed by atoms with E-state index in [0.29, 0.717) is 5.82 Å². The van der Waals surface area contributed by atoms with Crippen LogP contribution in [0.2, 0.25) is 0 Å². The van der Waals surface area contributed by atoms with Crippen LogP contribution in [0.3, 0.4) is 0 Å². The average Bonchev–Trinajstić information content (AvgIpc) is 2.36. The number of hydrogen-bond acceptors (Lipinski definition) is 4. The number of nitrogen functional groups attached to an aromatic ring is 1. The summed E-state index contributed by atoms with van der Waals surface area (Å²) in [6.45, 7) is 4.06. The predicted molar refractivity (Wildman–Crippen MR) is 84.3 cm³/mol. The molecule has 2 N–H and O–H groups in total. The van der Waals surface area contributed by atoms with Gasteiger partial charge in [-0.1, -0.05) is 28.9 Å². The van der Waals surface area contributed by atoms with Crippen LogP contribution >= 0.6 is 27.7 Å². The van der Waals surface area contributed by atoms with E-state index in [9.17, 15) is 0 Å². The van der Waals surface area contributed by atoms with Crippen LogP contribution in [0.1, 0.15) is 24.0 Å². The van der Waals surface area contributed by atoms with Crippen LogP contribution in [0.25, 0.3) is 0 Å². The van der Waals surface area contributed by atoms with E-state index in [4.69, 9.17) is 5.73 Å². The normalized spacial score (nSPS) is 10.7. The number of aromatic nitrogens is 2. The van der Waals surface area contributed by atoms with Gasteiger partial charge in [0.05, 0.1) is 5.75 Å². The van der Waals surface area contributed by atoms with Crippen molar-refractivity contribution in [2.45, 2.75) is 30.9 Å². The molecule has 0 atom stereocenters. The van der Waals surface area contributed by atoms with E-state index in [1.807, 2.05) is 19.1 Å². The van der Waals surface area contributed by atoms with E-state index in [0.717, 1.165) is 33.7 Å². The van der Waals surface area contributed by atoms with Crippen molar-refractivity contribution in [2.24, 2.45) is 0 Å². The third kappa shape index (κ3) is 3.70. The third-order valence-corrected chi connectivity index (χ3v) is 4.29. The Labute approximate surface area is 126 Å². The molecule has 5 heteroatoms. The van der Waals surface area contributed by atoms with E-state index in [1.54, 1.807) is 11.8 Å². The molecule has 0 saturated heterocycles. The average molecular weight is 338 g/mol. The van der Waals surface area contributed by atoms with Gasteiger partial charge < -0.3 is 5.73 Å². The molecule has 0 fully saturated rings. The summed E-state index contributed by atoms with van der Waals surface area (Å²) in [5.41, 5.74) is 8.00. The number of nitrogens with two attached hydrogens (primary N) is 1.